The second kappa shape index (κ2) is 5.70. The molecule has 9 heteroatoms. The fraction of sp³-hybridized carbons (Fsp3) is 0.333. The lowest BCUT2D eigenvalue weighted by molar-refractivity contribution is 0.186. The van der Waals surface area contributed by atoms with Crippen molar-refractivity contribution in [2.24, 2.45) is 0 Å². The molecule has 3 N–H and O–H groups in total. The highest BCUT2D eigenvalue weighted by Gasteiger charge is 2.18. The number of aliphatic hydroxyl groups is 1. The number of amides is 1. The van der Waals surface area contributed by atoms with Gasteiger partial charge in [0.15, 0.2) is 9.84 Å². The van der Waals surface area contributed by atoms with Gasteiger partial charge in [-0.2, -0.15) is 0 Å². The number of nitrogens with one attached hydrogen (secondary N) is 2. The van der Waals surface area contributed by atoms with Crippen LogP contribution in [0.2, 0.25) is 0 Å². The minimum atomic E-state index is -3.58. The number of carbonyl (C=O) groups excluding carboxylic acids is 1. The Morgan fingerprint density at radius 1 is 1.52 bits per heavy atom. The van der Waals surface area contributed by atoms with E-state index in [1.165, 1.54) is 32.2 Å². The molecule has 0 aliphatic rings. The van der Waals surface area contributed by atoms with Crippen LogP contribution < -0.4 is 5.32 Å². The number of nitrogens with zero attached hydrogens (tertiary/aromatic N) is 1. The van der Waals surface area contributed by atoms with Gasteiger partial charge in [-0.3, -0.25) is 5.32 Å². The van der Waals surface area contributed by atoms with E-state index in [1.807, 2.05) is 0 Å². The van der Waals surface area contributed by atoms with E-state index in [1.54, 1.807) is 0 Å². The Kier molecular flexibility index (Phi) is 4.14. The number of H-pyrrole nitrogens is 1. The molecule has 1 amide bonds. The minimum Gasteiger partial charge on any atom is -0.453 e. The molecule has 0 spiro atoms. The summed E-state index contributed by atoms with van der Waals surface area (Å²) in [6.45, 7) is 1.41. The average molecular weight is 313 g/mol. The molecule has 1 unspecified atom stereocenters. The maximum atomic E-state index is 12.0. The number of ether oxygens (including phenoxy) is 1. The van der Waals surface area contributed by atoms with E-state index in [0.29, 0.717) is 11.0 Å². The van der Waals surface area contributed by atoms with Gasteiger partial charge in [0.2, 0.25) is 5.95 Å². The number of aliphatic hydroxyl groups excluding tert-OH is 1. The summed E-state index contributed by atoms with van der Waals surface area (Å²) in [5.74, 6) is -0.207. The summed E-state index contributed by atoms with van der Waals surface area (Å²) in [6, 6.07) is 4.33. The molecule has 0 fully saturated rings. The summed E-state index contributed by atoms with van der Waals surface area (Å²) in [7, 11) is -2.36. The molecule has 0 aliphatic heterocycles. The number of anilines is 1. The second-order valence-corrected chi connectivity index (χ2v) is 6.55. The summed E-state index contributed by atoms with van der Waals surface area (Å²) in [5, 5.41) is 11.6. The number of hydrogen-bond donors (Lipinski definition) is 3. The average Bonchev–Trinajstić information content (AvgIpc) is 2.78. The summed E-state index contributed by atoms with van der Waals surface area (Å²) in [6.07, 6.45) is -1.64. The molecule has 1 atom stereocenters. The molecule has 1 aromatic heterocycles. The van der Waals surface area contributed by atoms with Crippen LogP contribution >= 0.6 is 0 Å². The number of rotatable bonds is 4. The molecule has 21 heavy (non-hydrogen) atoms. The Morgan fingerprint density at radius 3 is 2.86 bits per heavy atom. The van der Waals surface area contributed by atoms with Crippen LogP contribution in [-0.2, 0) is 14.6 Å². The van der Waals surface area contributed by atoms with Gasteiger partial charge in [0.25, 0.3) is 0 Å². The lowest BCUT2D eigenvalue weighted by Gasteiger charge is -2.06. The molecule has 0 aliphatic carbocycles. The number of aromatic nitrogens is 2. The Hall–Kier alpha value is -2.13. The summed E-state index contributed by atoms with van der Waals surface area (Å²) >= 11 is 0. The Morgan fingerprint density at radius 2 is 2.24 bits per heavy atom. The molecule has 0 saturated carbocycles. The van der Waals surface area contributed by atoms with Crippen LogP contribution in [0.3, 0.4) is 0 Å². The predicted molar refractivity (Wildman–Crippen MR) is 75.9 cm³/mol. The van der Waals surface area contributed by atoms with Crippen molar-refractivity contribution in [1.82, 2.24) is 9.97 Å². The van der Waals surface area contributed by atoms with Crippen molar-refractivity contribution in [3.05, 3.63) is 18.2 Å². The van der Waals surface area contributed by atoms with Gasteiger partial charge < -0.3 is 14.8 Å². The number of fused-ring (bicyclic) bond motifs is 1. The standard InChI is InChI=1S/C12H15N3O5S/c1-7(16)6-21(18,19)8-3-4-9-10(5-8)14-11(13-9)15-12(17)20-2/h3-5,7,16H,6H2,1-2H3,(H2,13,14,15,17). The molecule has 0 saturated heterocycles. The summed E-state index contributed by atoms with van der Waals surface area (Å²) in [4.78, 5) is 18.0. The molecule has 0 radical (unpaired) electrons. The Labute approximate surface area is 121 Å². The molecule has 1 aromatic carbocycles. The summed E-state index contributed by atoms with van der Waals surface area (Å²) < 4.78 is 28.5. The summed E-state index contributed by atoms with van der Waals surface area (Å²) in [5.41, 5.74) is 0.950. The first-order valence-electron chi connectivity index (χ1n) is 6.07. The first kappa shape index (κ1) is 15.3. The van der Waals surface area contributed by atoms with Crippen LogP contribution in [0.1, 0.15) is 6.92 Å². The quantitative estimate of drug-likeness (QED) is 0.771. The van der Waals surface area contributed by atoms with E-state index in [-0.39, 0.29) is 16.6 Å². The SMILES string of the molecule is COC(=O)Nc1nc2ccc(S(=O)(=O)CC(C)O)cc2[nH]1. The van der Waals surface area contributed by atoms with Crippen LogP contribution in [0.15, 0.2) is 23.1 Å². The molecule has 2 rings (SSSR count). The van der Waals surface area contributed by atoms with Crippen molar-refractivity contribution in [3.63, 3.8) is 0 Å². The maximum absolute atomic E-state index is 12.0. The fourth-order valence-electron chi connectivity index (χ4n) is 1.80. The number of sulfone groups is 1. The number of hydrogen-bond acceptors (Lipinski definition) is 6. The first-order chi connectivity index (χ1) is 9.81. The number of methoxy groups -OCH3 is 1. The third kappa shape index (κ3) is 3.50. The van der Waals surface area contributed by atoms with E-state index < -0.39 is 22.0 Å². The topological polar surface area (TPSA) is 121 Å². The molecule has 2 aromatic rings. The van der Waals surface area contributed by atoms with Gasteiger partial charge >= 0.3 is 6.09 Å². The van der Waals surface area contributed by atoms with E-state index >= 15 is 0 Å². The Balaban J connectivity index is 2.36. The zero-order chi connectivity index (χ0) is 15.6. The van der Waals surface area contributed by atoms with Gasteiger partial charge in [0.1, 0.15) is 0 Å². The van der Waals surface area contributed by atoms with Crippen LogP contribution in [-0.4, -0.2) is 48.6 Å². The first-order valence-corrected chi connectivity index (χ1v) is 7.72. The van der Waals surface area contributed by atoms with Crippen molar-refractivity contribution in [3.8, 4) is 0 Å². The van der Waals surface area contributed by atoms with E-state index in [2.05, 4.69) is 20.0 Å². The highest BCUT2D eigenvalue weighted by Crippen LogP contribution is 2.20. The second-order valence-electron chi connectivity index (χ2n) is 4.51. The third-order valence-electron chi connectivity index (χ3n) is 2.68. The van der Waals surface area contributed by atoms with Crippen molar-refractivity contribution < 1.29 is 23.1 Å². The number of imidazole rings is 1. The van der Waals surface area contributed by atoms with Crippen LogP contribution in [0.25, 0.3) is 11.0 Å². The zero-order valence-electron chi connectivity index (χ0n) is 11.5. The number of aromatic amines is 1. The third-order valence-corrected chi connectivity index (χ3v) is 4.57. The number of carbonyl (C=O) groups is 1. The number of benzene rings is 1. The largest absolute Gasteiger partial charge is 0.453 e. The van der Waals surface area contributed by atoms with E-state index in [0.717, 1.165) is 0 Å². The van der Waals surface area contributed by atoms with Crippen LogP contribution in [0, 0.1) is 0 Å². The smallest absolute Gasteiger partial charge is 0.413 e. The van der Waals surface area contributed by atoms with Crippen LogP contribution in [0.4, 0.5) is 10.7 Å². The van der Waals surface area contributed by atoms with Gasteiger partial charge in [0, 0.05) is 0 Å². The Bertz CT molecular complexity index is 766. The zero-order valence-corrected chi connectivity index (χ0v) is 12.3. The molecule has 114 valence electrons. The van der Waals surface area contributed by atoms with Gasteiger partial charge in [0.05, 0.1) is 34.9 Å². The lowest BCUT2D eigenvalue weighted by Crippen LogP contribution is -2.17. The monoisotopic (exact) mass is 313 g/mol. The van der Waals surface area contributed by atoms with Crippen molar-refractivity contribution in [2.45, 2.75) is 17.9 Å². The van der Waals surface area contributed by atoms with E-state index in [9.17, 15) is 18.3 Å². The van der Waals surface area contributed by atoms with Gasteiger partial charge in [-0.05, 0) is 25.1 Å². The fourth-order valence-corrected chi connectivity index (χ4v) is 3.20. The van der Waals surface area contributed by atoms with Crippen molar-refractivity contribution >= 4 is 32.9 Å². The molecule has 0 bridgehead atoms. The van der Waals surface area contributed by atoms with Gasteiger partial charge in [-0.15, -0.1) is 0 Å². The van der Waals surface area contributed by atoms with Crippen molar-refractivity contribution in [1.29, 1.82) is 0 Å². The molecule has 8 nitrogen and oxygen atoms in total. The predicted octanol–water partition coefficient (Wildman–Crippen LogP) is 0.896. The highest BCUT2D eigenvalue weighted by atomic mass is 32.2. The normalized spacial score (nSPS) is 13.1. The minimum absolute atomic E-state index is 0.0733. The highest BCUT2D eigenvalue weighted by molar-refractivity contribution is 7.91. The molecular formula is C12H15N3O5S. The molecule has 1 heterocycles. The van der Waals surface area contributed by atoms with Gasteiger partial charge in [-0.1, -0.05) is 0 Å². The van der Waals surface area contributed by atoms with Crippen LogP contribution in [0.5, 0.6) is 0 Å². The van der Waals surface area contributed by atoms with Crippen molar-refractivity contribution in [2.75, 3.05) is 18.2 Å². The lowest BCUT2D eigenvalue weighted by atomic mass is 10.3. The van der Waals surface area contributed by atoms with Gasteiger partial charge in [-0.25, -0.2) is 18.2 Å². The molecular weight excluding hydrogens is 298 g/mol. The van der Waals surface area contributed by atoms with E-state index in [4.69, 9.17) is 0 Å². The maximum Gasteiger partial charge on any atom is 0.413 e.